The average Bonchev–Trinajstić information content (AvgIpc) is 1.31. The molecule has 2 N–H and O–H groups in total. The lowest BCUT2D eigenvalue weighted by atomic mass is 10.8. The number of hydrogen-bond acceptors (Lipinski definition) is 2. The van der Waals surface area contributed by atoms with Gasteiger partial charge in [0.15, 0.2) is 0 Å². The van der Waals surface area contributed by atoms with Crippen molar-refractivity contribution in [2.45, 2.75) is 0 Å². The normalized spacial score (nSPS) is 30.0. The predicted octanol–water partition coefficient (Wildman–Crippen LogP) is -0.125. The van der Waals surface area contributed by atoms with E-state index in [0.29, 0.717) is 0 Å². The molecule has 0 aromatic carbocycles. The first-order chi connectivity index (χ1) is 2.94. The highest BCUT2D eigenvalue weighted by molar-refractivity contribution is 7.80. The van der Waals surface area contributed by atoms with Gasteiger partial charge in [0.2, 0.25) is 0 Å². The molecule has 26 valence electrons. The minimum Gasteiger partial charge on any atom is -0.330 e. The first-order valence-corrected chi connectivity index (χ1v) is 1.29. The van der Waals surface area contributed by atoms with Crippen molar-refractivity contribution in [2.24, 2.45) is 5.73 Å². The number of thiol groups is 1. The van der Waals surface area contributed by atoms with Crippen LogP contribution >= 0.6 is 12.6 Å². The molecule has 0 radical (unpaired) electrons. The molecule has 2 heteroatoms. The van der Waals surface area contributed by atoms with Crippen LogP contribution in [0.15, 0.2) is 0 Å². The van der Waals surface area contributed by atoms with Gasteiger partial charge in [-0.25, -0.2) is 0 Å². The summed E-state index contributed by atoms with van der Waals surface area (Å²) in [6.07, 6.45) is 0. The molecule has 0 saturated carbocycles. The molecule has 0 aliphatic carbocycles. The summed E-state index contributed by atoms with van der Waals surface area (Å²) in [5.41, 5.74) is 2.92. The van der Waals surface area contributed by atoms with Crippen LogP contribution in [0.1, 0.15) is 4.11 Å². The molecule has 0 rings (SSSR count). The molecule has 1 unspecified atom stereocenters. The summed E-state index contributed by atoms with van der Waals surface area (Å²) < 4.78 is 19.8. The molecule has 0 aliphatic rings. The predicted molar refractivity (Wildman–Crippen MR) is 22.9 cm³/mol. The molecule has 0 saturated heterocycles. The van der Waals surface area contributed by atoms with Crippen LogP contribution in [0.4, 0.5) is 0 Å². The zero-order chi connectivity index (χ0) is 6.08. The third-order valence-corrected chi connectivity index (χ3v) is 0.224. The van der Waals surface area contributed by atoms with E-state index in [1.54, 1.807) is 0 Å². The fourth-order valence-electron chi connectivity index (χ4n) is 0. The van der Waals surface area contributed by atoms with Gasteiger partial charge < -0.3 is 5.73 Å². The van der Waals surface area contributed by atoms with Gasteiger partial charge in [-0.2, -0.15) is 12.6 Å². The lowest BCUT2D eigenvalue weighted by Gasteiger charge is -1.69. The van der Waals surface area contributed by atoms with E-state index in [9.17, 15) is 0 Å². The second kappa shape index (κ2) is 3.31. The molecule has 0 amide bonds. The van der Waals surface area contributed by atoms with Crippen molar-refractivity contribution in [3.05, 3.63) is 0 Å². The molecule has 0 aliphatic heterocycles. The van der Waals surface area contributed by atoms with Crippen molar-refractivity contribution in [1.82, 2.24) is 0 Å². The van der Waals surface area contributed by atoms with Gasteiger partial charge in [-0.3, -0.25) is 0 Å². The largest absolute Gasteiger partial charge is 0.330 e. The Morgan fingerprint density at radius 2 is 2.50 bits per heavy atom. The Kier molecular flexibility index (Phi) is 0.981. The van der Waals surface area contributed by atoms with Crippen LogP contribution in [0.2, 0.25) is 0 Å². The van der Waals surface area contributed by atoms with Gasteiger partial charge >= 0.3 is 0 Å². The van der Waals surface area contributed by atoms with E-state index in [0.717, 1.165) is 0 Å². The second-order valence-corrected chi connectivity index (χ2v) is 0.554. The van der Waals surface area contributed by atoms with E-state index < -0.39 is 12.2 Å². The molecular formula is C2H7NS. The Hall–Kier alpha value is 0.310. The lowest BCUT2D eigenvalue weighted by molar-refractivity contribution is 1.16. The summed E-state index contributed by atoms with van der Waals surface area (Å²) in [6, 6.07) is 0. The number of nitrogens with two attached hydrogens (primary N) is 1. The third kappa shape index (κ3) is 2.31. The summed E-state index contributed by atoms with van der Waals surface area (Å²) in [4.78, 5) is 0. The van der Waals surface area contributed by atoms with Crippen LogP contribution in [0.3, 0.4) is 0 Å². The van der Waals surface area contributed by atoms with Crippen molar-refractivity contribution in [1.29, 1.82) is 0 Å². The van der Waals surface area contributed by atoms with E-state index in [2.05, 4.69) is 12.6 Å². The quantitative estimate of drug-likeness (QED) is 0.422. The summed E-state index contributed by atoms with van der Waals surface area (Å²) >= 11 is 3.37. The second-order valence-electron chi connectivity index (χ2n) is 0.296. The van der Waals surface area contributed by atoms with Gasteiger partial charge in [-0.05, 0) is 0 Å². The highest BCUT2D eigenvalue weighted by Crippen LogP contribution is 1.58. The molecule has 4 heavy (non-hydrogen) atoms. The monoisotopic (exact) mass is 80.0 g/mol. The van der Waals surface area contributed by atoms with E-state index >= 15 is 0 Å². The first-order valence-electron chi connectivity index (χ1n) is 2.42. The van der Waals surface area contributed by atoms with Gasteiger partial charge in [0, 0.05) is 16.3 Å². The SMILES string of the molecule is [2H]C(N)C([2H])([2H])S. The highest BCUT2D eigenvalue weighted by atomic mass is 32.1. The Bertz CT molecular complexity index is 58.4. The summed E-state index contributed by atoms with van der Waals surface area (Å²) in [5, 5.41) is 0. The zero-order valence-electron chi connectivity index (χ0n) is 5.10. The van der Waals surface area contributed by atoms with Crippen LogP contribution in [-0.2, 0) is 0 Å². The maximum absolute atomic E-state index is 6.60. The van der Waals surface area contributed by atoms with E-state index in [-0.39, 0.29) is 0 Å². The molecule has 0 aromatic rings. The van der Waals surface area contributed by atoms with Crippen LogP contribution < -0.4 is 5.73 Å². The van der Waals surface area contributed by atoms with Crippen molar-refractivity contribution in [3.8, 4) is 0 Å². The smallest absolute Gasteiger partial charge is 0.0434 e. The van der Waals surface area contributed by atoms with Crippen LogP contribution in [0.5, 0.6) is 0 Å². The fourth-order valence-corrected chi connectivity index (χ4v) is 0. The van der Waals surface area contributed by atoms with E-state index in [1.165, 1.54) is 0 Å². The molecule has 0 heterocycles. The van der Waals surface area contributed by atoms with Gasteiger partial charge in [0.1, 0.15) is 0 Å². The lowest BCUT2D eigenvalue weighted by Crippen LogP contribution is -1.97. The van der Waals surface area contributed by atoms with Gasteiger partial charge in [0.05, 0.1) is 0 Å². The molecule has 0 spiro atoms. The van der Waals surface area contributed by atoms with Crippen LogP contribution in [0.25, 0.3) is 0 Å². The molecule has 1 nitrogen and oxygen atoms in total. The molecule has 0 bridgehead atoms. The molecule has 0 aromatic heterocycles. The summed E-state index contributed by atoms with van der Waals surface area (Å²) in [5.74, 6) is 0. The average molecular weight is 80.2 g/mol. The molecular weight excluding hydrogens is 70.1 g/mol. The Morgan fingerprint density at radius 3 is 2.50 bits per heavy atom. The summed E-state index contributed by atoms with van der Waals surface area (Å²) in [6.45, 7) is -1.25. The van der Waals surface area contributed by atoms with Crippen molar-refractivity contribution >= 4 is 12.6 Å². The minimum absolute atomic E-state index is 1.25. The van der Waals surface area contributed by atoms with Gasteiger partial charge in [-0.15, -0.1) is 0 Å². The van der Waals surface area contributed by atoms with Gasteiger partial charge in [0.25, 0.3) is 0 Å². The summed E-state index contributed by atoms with van der Waals surface area (Å²) in [7, 11) is 0. The van der Waals surface area contributed by atoms with Crippen molar-refractivity contribution in [3.63, 3.8) is 0 Å². The van der Waals surface area contributed by atoms with Crippen molar-refractivity contribution in [2.75, 3.05) is 12.2 Å². The third-order valence-electron chi connectivity index (χ3n) is 0.0745. The highest BCUT2D eigenvalue weighted by Gasteiger charge is 1.56. The minimum atomic E-state index is -1.86. The molecule has 0 fully saturated rings. The zero-order valence-corrected chi connectivity index (χ0v) is 3.00. The number of rotatable bonds is 1. The number of hydrogen-bond donors (Lipinski definition) is 2. The Labute approximate surface area is 35.8 Å². The maximum atomic E-state index is 6.60. The first kappa shape index (κ1) is 1.19. The fraction of sp³-hybridized carbons (Fsp3) is 1.00. The van der Waals surface area contributed by atoms with Crippen molar-refractivity contribution < 1.29 is 4.11 Å². The topological polar surface area (TPSA) is 26.0 Å². The standard InChI is InChI=1S/C2H7NS/c3-1-2-4/h4H,1-3H2/i1D,2D2. The van der Waals surface area contributed by atoms with Gasteiger partial charge in [-0.1, -0.05) is 0 Å². The van der Waals surface area contributed by atoms with E-state index in [4.69, 9.17) is 9.85 Å². The van der Waals surface area contributed by atoms with E-state index in [1.807, 2.05) is 0 Å². The Morgan fingerprint density at radius 1 is 2.25 bits per heavy atom. The molecule has 1 atom stereocenters. The van der Waals surface area contributed by atoms with Crippen LogP contribution in [0, 0.1) is 0 Å². The maximum Gasteiger partial charge on any atom is 0.0434 e. The van der Waals surface area contributed by atoms with Crippen LogP contribution in [-0.4, -0.2) is 12.2 Å². The Balaban J connectivity index is 3.54.